The highest BCUT2D eigenvalue weighted by Crippen LogP contribution is 2.31. The predicted molar refractivity (Wildman–Crippen MR) is 171 cm³/mol. The summed E-state index contributed by atoms with van der Waals surface area (Å²) in [5.41, 5.74) is 14.1. The number of nitrogens with zero attached hydrogens (tertiary/aromatic N) is 5. The van der Waals surface area contributed by atoms with Crippen LogP contribution in [0.2, 0.25) is 0 Å². The summed E-state index contributed by atoms with van der Waals surface area (Å²) in [4.78, 5) is 48.3. The highest BCUT2D eigenvalue weighted by atomic mass is 35.5. The van der Waals surface area contributed by atoms with Crippen molar-refractivity contribution in [3.63, 3.8) is 0 Å². The lowest BCUT2D eigenvalue weighted by molar-refractivity contribution is -0.137. The molecule has 43 heavy (non-hydrogen) atoms. The zero-order chi connectivity index (χ0) is 30.0. The van der Waals surface area contributed by atoms with Crippen molar-refractivity contribution in [2.24, 2.45) is 11.5 Å². The fraction of sp³-hybridized carbons (Fsp3) is 0.613. The summed E-state index contributed by atoms with van der Waals surface area (Å²) in [5, 5.41) is 2.73. The first-order valence-electron chi connectivity index (χ1n) is 15.4. The standard InChI is InChI=1S/C31H46N8O3.ClH/c1-4-38(24-11-7-23(32)8-12-24)25-9-5-22-20-26(10-6-21(22)19-25)39-14-13-27(35-30(39)42)34-29(41)37-17-15-36(16-18-37)28(40)31(2,3)33;/h6,10,13-14,20,23-25H,4-5,7-9,11-12,15-19,32-33H2,1-3H3,(H,34,35,41,42);1H/t23-,24-,25?;. The van der Waals surface area contributed by atoms with Crippen molar-refractivity contribution in [3.05, 3.63) is 52.1 Å². The van der Waals surface area contributed by atoms with E-state index in [1.165, 1.54) is 28.5 Å². The molecule has 2 aliphatic carbocycles. The molecule has 1 unspecified atom stereocenters. The van der Waals surface area contributed by atoms with Gasteiger partial charge in [0.25, 0.3) is 0 Å². The number of carbonyl (C=O) groups is 2. The van der Waals surface area contributed by atoms with Crippen LogP contribution in [0.15, 0.2) is 35.3 Å². The number of rotatable bonds is 6. The zero-order valence-electron chi connectivity index (χ0n) is 25.6. The number of hydrogen-bond acceptors (Lipinski definition) is 7. The van der Waals surface area contributed by atoms with Crippen molar-refractivity contribution < 1.29 is 9.59 Å². The number of urea groups is 1. The first-order chi connectivity index (χ1) is 20.0. The van der Waals surface area contributed by atoms with Crippen LogP contribution in [0.3, 0.4) is 0 Å². The Morgan fingerprint density at radius 2 is 1.67 bits per heavy atom. The number of benzene rings is 1. The van der Waals surface area contributed by atoms with E-state index in [1.807, 2.05) is 6.07 Å². The maximum absolute atomic E-state index is 13.0. The van der Waals surface area contributed by atoms with Gasteiger partial charge in [-0.2, -0.15) is 4.98 Å². The smallest absolute Gasteiger partial charge is 0.338 e. The van der Waals surface area contributed by atoms with Crippen molar-refractivity contribution >= 4 is 30.2 Å². The normalized spacial score (nSPS) is 22.5. The van der Waals surface area contributed by atoms with Gasteiger partial charge in [0, 0.05) is 50.5 Å². The van der Waals surface area contributed by atoms with Crippen LogP contribution in [0.5, 0.6) is 0 Å². The molecule has 2 heterocycles. The molecule has 0 spiro atoms. The molecule has 1 saturated carbocycles. The number of piperazine rings is 1. The van der Waals surface area contributed by atoms with Crippen LogP contribution >= 0.6 is 12.4 Å². The van der Waals surface area contributed by atoms with Crippen molar-refractivity contribution in [2.75, 3.05) is 38.0 Å². The molecule has 12 heteroatoms. The number of nitrogens with one attached hydrogen (secondary N) is 1. The van der Waals surface area contributed by atoms with Gasteiger partial charge in [0.15, 0.2) is 0 Å². The number of amides is 3. The first kappa shape index (κ1) is 32.9. The van der Waals surface area contributed by atoms with Crippen LogP contribution in [-0.4, -0.2) is 92.6 Å². The zero-order valence-corrected chi connectivity index (χ0v) is 26.4. The molecule has 5 rings (SSSR count). The molecule has 1 aliphatic heterocycles. The lowest BCUT2D eigenvalue weighted by Gasteiger charge is -2.42. The number of aromatic nitrogens is 2. The number of aryl methyl sites for hydroxylation is 1. The SMILES string of the molecule is CCN(C1CCc2cc(-n3ccc(NC(=O)N4CCN(C(=O)C(C)(C)N)CC4)nc3=O)ccc2C1)[C@H]1CC[C@H](N)CC1.Cl. The van der Waals surface area contributed by atoms with E-state index in [2.05, 4.69) is 34.3 Å². The number of likely N-dealkylation sites (N-methyl/N-ethyl adjacent to an activating group) is 1. The number of carbonyl (C=O) groups excluding carboxylic acids is 2. The molecule has 3 amide bonds. The summed E-state index contributed by atoms with van der Waals surface area (Å²) in [6.45, 7) is 8.26. The van der Waals surface area contributed by atoms with Gasteiger partial charge in [0.05, 0.1) is 11.2 Å². The van der Waals surface area contributed by atoms with Gasteiger partial charge in [-0.15, -0.1) is 12.4 Å². The third-order valence-electron chi connectivity index (χ3n) is 9.16. The summed E-state index contributed by atoms with van der Waals surface area (Å²) in [5.74, 6) is 0.0646. The average Bonchev–Trinajstić information content (AvgIpc) is 2.97. The van der Waals surface area contributed by atoms with E-state index in [1.54, 1.807) is 35.9 Å². The van der Waals surface area contributed by atoms with Gasteiger partial charge >= 0.3 is 11.7 Å². The van der Waals surface area contributed by atoms with Gasteiger partial charge in [-0.25, -0.2) is 9.59 Å². The maximum Gasteiger partial charge on any atom is 0.354 e. The summed E-state index contributed by atoms with van der Waals surface area (Å²) in [6, 6.07) is 9.06. The number of halogens is 1. The molecular weight excluding hydrogens is 568 g/mol. The minimum absolute atomic E-state index is 0. The number of nitrogens with two attached hydrogens (primary N) is 2. The number of hydrogen-bond donors (Lipinski definition) is 3. The Morgan fingerprint density at radius 3 is 2.30 bits per heavy atom. The molecule has 2 fully saturated rings. The fourth-order valence-corrected chi connectivity index (χ4v) is 6.78. The largest absolute Gasteiger partial charge is 0.354 e. The number of anilines is 1. The average molecular weight is 615 g/mol. The predicted octanol–water partition coefficient (Wildman–Crippen LogP) is 2.52. The molecule has 1 aromatic heterocycles. The Morgan fingerprint density at radius 1 is 1.00 bits per heavy atom. The Labute approximate surface area is 260 Å². The topological polar surface area (TPSA) is 143 Å². The van der Waals surface area contributed by atoms with Crippen LogP contribution in [0.25, 0.3) is 5.69 Å². The molecule has 0 radical (unpaired) electrons. The second kappa shape index (κ2) is 13.8. The lowest BCUT2D eigenvalue weighted by atomic mass is 9.84. The van der Waals surface area contributed by atoms with Crippen LogP contribution in [-0.2, 0) is 17.6 Å². The van der Waals surface area contributed by atoms with E-state index in [9.17, 15) is 14.4 Å². The van der Waals surface area contributed by atoms with Gasteiger partial charge in [-0.3, -0.25) is 19.6 Å². The van der Waals surface area contributed by atoms with Crippen LogP contribution in [0, 0.1) is 0 Å². The third-order valence-corrected chi connectivity index (χ3v) is 9.16. The quantitative estimate of drug-likeness (QED) is 0.454. The van der Waals surface area contributed by atoms with E-state index in [4.69, 9.17) is 11.5 Å². The monoisotopic (exact) mass is 614 g/mol. The van der Waals surface area contributed by atoms with E-state index in [0.717, 1.165) is 44.3 Å². The van der Waals surface area contributed by atoms with Crippen molar-refractivity contribution in [1.29, 1.82) is 0 Å². The Bertz CT molecular complexity index is 1340. The molecular formula is C31H47ClN8O3. The van der Waals surface area contributed by atoms with Crippen LogP contribution in [0.1, 0.15) is 64.0 Å². The fourth-order valence-electron chi connectivity index (χ4n) is 6.78. The molecule has 2 aromatic rings. The van der Waals surface area contributed by atoms with Gasteiger partial charge in [-0.05, 0) is 94.7 Å². The highest BCUT2D eigenvalue weighted by Gasteiger charge is 2.32. The minimum Gasteiger partial charge on any atom is -0.338 e. The van der Waals surface area contributed by atoms with Crippen LogP contribution in [0.4, 0.5) is 10.6 Å². The molecule has 0 bridgehead atoms. The third kappa shape index (κ3) is 7.57. The van der Waals surface area contributed by atoms with E-state index in [0.29, 0.717) is 44.3 Å². The van der Waals surface area contributed by atoms with E-state index < -0.39 is 11.2 Å². The van der Waals surface area contributed by atoms with Gasteiger partial charge < -0.3 is 21.3 Å². The van der Waals surface area contributed by atoms with Gasteiger partial charge in [-0.1, -0.05) is 13.0 Å². The molecule has 1 atom stereocenters. The molecule has 1 saturated heterocycles. The Balaban J connectivity index is 0.00000423. The lowest BCUT2D eigenvalue weighted by Crippen LogP contribution is -2.58. The van der Waals surface area contributed by atoms with E-state index in [-0.39, 0.29) is 30.2 Å². The maximum atomic E-state index is 13.0. The van der Waals surface area contributed by atoms with Gasteiger partial charge in [0.2, 0.25) is 5.91 Å². The van der Waals surface area contributed by atoms with Gasteiger partial charge in [0.1, 0.15) is 5.82 Å². The van der Waals surface area contributed by atoms with Crippen molar-refractivity contribution in [1.82, 2.24) is 24.3 Å². The summed E-state index contributed by atoms with van der Waals surface area (Å²) >= 11 is 0. The van der Waals surface area contributed by atoms with Crippen molar-refractivity contribution in [2.45, 2.75) is 89.4 Å². The number of fused-ring (bicyclic) bond motifs is 1. The van der Waals surface area contributed by atoms with Crippen molar-refractivity contribution in [3.8, 4) is 5.69 Å². The molecule has 1 aromatic carbocycles. The molecule has 236 valence electrons. The molecule has 5 N–H and O–H groups in total. The Kier molecular flexibility index (Phi) is 10.5. The Hall–Kier alpha value is -2.99. The second-order valence-corrected chi connectivity index (χ2v) is 12.6. The molecule has 3 aliphatic rings. The van der Waals surface area contributed by atoms with E-state index >= 15 is 0 Å². The minimum atomic E-state index is -0.945. The van der Waals surface area contributed by atoms with Crippen LogP contribution < -0.4 is 22.5 Å². The molecule has 11 nitrogen and oxygen atoms in total. The summed E-state index contributed by atoms with van der Waals surface area (Å²) in [7, 11) is 0. The summed E-state index contributed by atoms with van der Waals surface area (Å²) in [6.07, 6.45) is 9.38. The highest BCUT2D eigenvalue weighted by molar-refractivity contribution is 5.89. The first-order valence-corrected chi connectivity index (χ1v) is 15.4. The summed E-state index contributed by atoms with van der Waals surface area (Å²) < 4.78 is 1.52. The second-order valence-electron chi connectivity index (χ2n) is 12.6.